The van der Waals surface area contributed by atoms with Crippen LogP contribution in [0, 0.1) is 0 Å². The molecule has 0 heterocycles. The highest BCUT2D eigenvalue weighted by Crippen LogP contribution is 2.32. The molecule has 0 bridgehead atoms. The van der Waals surface area contributed by atoms with E-state index in [0.29, 0.717) is 18.5 Å². The molecule has 2 aromatic carbocycles. The van der Waals surface area contributed by atoms with Crippen molar-refractivity contribution in [1.82, 2.24) is 0 Å². The van der Waals surface area contributed by atoms with Gasteiger partial charge in [-0.05, 0) is 42.3 Å². The van der Waals surface area contributed by atoms with Gasteiger partial charge in [-0.1, -0.05) is 18.2 Å². The van der Waals surface area contributed by atoms with Crippen molar-refractivity contribution in [2.24, 2.45) is 0 Å². The lowest BCUT2D eigenvalue weighted by Crippen LogP contribution is -2.12. The van der Waals surface area contributed by atoms with E-state index in [1.54, 1.807) is 6.07 Å². The molecule has 21 heavy (non-hydrogen) atoms. The quantitative estimate of drug-likeness (QED) is 0.854. The van der Waals surface area contributed by atoms with E-state index < -0.39 is 11.7 Å². The molecule has 2 aromatic rings. The molecule has 0 amide bonds. The van der Waals surface area contributed by atoms with Gasteiger partial charge < -0.3 is 10.6 Å². The fourth-order valence-corrected chi connectivity index (χ4v) is 2.11. The van der Waals surface area contributed by atoms with Crippen LogP contribution in [0.25, 0.3) is 0 Å². The van der Waals surface area contributed by atoms with Gasteiger partial charge in [-0.2, -0.15) is 13.2 Å². The zero-order chi connectivity index (χ0) is 15.3. The molecule has 0 aromatic heterocycles. The number of alkyl halides is 3. The highest BCUT2D eigenvalue weighted by atomic mass is 19.4. The summed E-state index contributed by atoms with van der Waals surface area (Å²) in [4.78, 5) is 0. The van der Waals surface area contributed by atoms with Crippen molar-refractivity contribution in [1.29, 1.82) is 0 Å². The third-order valence-electron chi connectivity index (χ3n) is 3.22. The van der Waals surface area contributed by atoms with Crippen molar-refractivity contribution in [2.45, 2.75) is 12.6 Å². The molecule has 0 unspecified atom stereocenters. The van der Waals surface area contributed by atoms with E-state index in [9.17, 15) is 13.2 Å². The third kappa shape index (κ3) is 4.15. The Morgan fingerprint density at radius 1 is 0.905 bits per heavy atom. The summed E-state index contributed by atoms with van der Waals surface area (Å²) in [6.07, 6.45) is -3.98. The number of anilines is 2. The lowest BCUT2D eigenvalue weighted by molar-refractivity contribution is -0.138. The number of rotatable bonds is 5. The topological polar surface area (TPSA) is 24.1 Å². The molecule has 0 aliphatic carbocycles. The van der Waals surface area contributed by atoms with Gasteiger partial charge in [0.25, 0.3) is 0 Å². The SMILES string of the molecule is CNc1ccc(NCCc2ccccc2C(F)(F)F)cc1. The highest BCUT2D eigenvalue weighted by molar-refractivity contribution is 5.53. The standard InChI is InChI=1S/C16H17F3N2/c1-20-13-6-8-14(9-7-13)21-11-10-12-4-2-3-5-15(12)16(17,18)19/h2-9,20-21H,10-11H2,1H3. The van der Waals surface area contributed by atoms with Gasteiger partial charge >= 0.3 is 6.18 Å². The lowest BCUT2D eigenvalue weighted by Gasteiger charge is -2.13. The largest absolute Gasteiger partial charge is 0.416 e. The fourth-order valence-electron chi connectivity index (χ4n) is 2.11. The summed E-state index contributed by atoms with van der Waals surface area (Å²) in [6, 6.07) is 13.3. The first-order valence-electron chi connectivity index (χ1n) is 6.67. The zero-order valence-electron chi connectivity index (χ0n) is 11.7. The summed E-state index contributed by atoms with van der Waals surface area (Å²) in [5.41, 5.74) is 1.63. The van der Waals surface area contributed by atoms with Crippen LogP contribution in [0.2, 0.25) is 0 Å². The Morgan fingerprint density at radius 2 is 1.52 bits per heavy atom. The summed E-state index contributed by atoms with van der Waals surface area (Å²) in [7, 11) is 1.83. The minimum Gasteiger partial charge on any atom is -0.388 e. The van der Waals surface area contributed by atoms with Crippen LogP contribution in [0.15, 0.2) is 48.5 Å². The van der Waals surface area contributed by atoms with Crippen molar-refractivity contribution in [2.75, 3.05) is 24.2 Å². The second kappa shape index (κ2) is 6.52. The van der Waals surface area contributed by atoms with E-state index in [4.69, 9.17) is 0 Å². The summed E-state index contributed by atoms with van der Waals surface area (Å²) >= 11 is 0. The van der Waals surface area contributed by atoms with Gasteiger partial charge in [0.1, 0.15) is 0 Å². The predicted octanol–water partition coefficient (Wildman–Crippen LogP) is 4.40. The minimum atomic E-state index is -4.30. The molecule has 0 saturated carbocycles. The van der Waals surface area contributed by atoms with Gasteiger partial charge in [0.05, 0.1) is 5.56 Å². The molecule has 0 saturated heterocycles. The van der Waals surface area contributed by atoms with Crippen molar-refractivity contribution >= 4 is 11.4 Å². The number of nitrogens with one attached hydrogen (secondary N) is 2. The summed E-state index contributed by atoms with van der Waals surface area (Å²) in [5.74, 6) is 0. The predicted molar refractivity (Wildman–Crippen MR) is 79.6 cm³/mol. The molecule has 2 rings (SSSR count). The van der Waals surface area contributed by atoms with E-state index in [1.807, 2.05) is 31.3 Å². The van der Waals surface area contributed by atoms with Crippen LogP contribution in [0.3, 0.4) is 0 Å². The fraction of sp³-hybridized carbons (Fsp3) is 0.250. The van der Waals surface area contributed by atoms with Crippen LogP contribution in [0.1, 0.15) is 11.1 Å². The molecule has 0 aliphatic rings. The van der Waals surface area contributed by atoms with Crippen molar-refractivity contribution in [3.05, 3.63) is 59.7 Å². The van der Waals surface area contributed by atoms with Crippen LogP contribution in [0.4, 0.5) is 24.5 Å². The van der Waals surface area contributed by atoms with E-state index in [1.165, 1.54) is 12.1 Å². The lowest BCUT2D eigenvalue weighted by atomic mass is 10.0. The highest BCUT2D eigenvalue weighted by Gasteiger charge is 2.32. The maximum Gasteiger partial charge on any atom is 0.416 e. The van der Waals surface area contributed by atoms with Gasteiger partial charge in [-0.3, -0.25) is 0 Å². The molecule has 0 aliphatic heterocycles. The Morgan fingerprint density at radius 3 is 2.14 bits per heavy atom. The Balaban J connectivity index is 1.97. The van der Waals surface area contributed by atoms with Crippen LogP contribution in [-0.2, 0) is 12.6 Å². The molecule has 2 nitrogen and oxygen atoms in total. The Kier molecular flexibility index (Phi) is 4.73. The Labute approximate surface area is 122 Å². The number of benzene rings is 2. The third-order valence-corrected chi connectivity index (χ3v) is 3.22. The van der Waals surface area contributed by atoms with Gasteiger partial charge in [-0.25, -0.2) is 0 Å². The average Bonchev–Trinajstić information content (AvgIpc) is 2.47. The summed E-state index contributed by atoms with van der Waals surface area (Å²) in [5, 5.41) is 6.14. The summed E-state index contributed by atoms with van der Waals surface area (Å²) in [6.45, 7) is 0.450. The van der Waals surface area contributed by atoms with Gasteiger partial charge in [-0.15, -0.1) is 0 Å². The van der Waals surface area contributed by atoms with Crippen LogP contribution in [-0.4, -0.2) is 13.6 Å². The molecule has 112 valence electrons. The van der Waals surface area contributed by atoms with Gasteiger partial charge in [0, 0.05) is 25.0 Å². The van der Waals surface area contributed by atoms with Crippen molar-refractivity contribution in [3.8, 4) is 0 Å². The van der Waals surface area contributed by atoms with Gasteiger partial charge in [0.15, 0.2) is 0 Å². The number of hydrogen-bond donors (Lipinski definition) is 2. The second-order valence-corrected chi connectivity index (χ2v) is 4.66. The molecule has 0 radical (unpaired) electrons. The maximum atomic E-state index is 12.9. The molecule has 0 atom stereocenters. The maximum absolute atomic E-state index is 12.9. The number of halogens is 3. The minimum absolute atomic E-state index is 0.310. The Bertz CT molecular complexity index is 577. The van der Waals surface area contributed by atoms with E-state index in [-0.39, 0.29) is 0 Å². The van der Waals surface area contributed by atoms with Crippen LogP contribution in [0.5, 0.6) is 0 Å². The number of hydrogen-bond acceptors (Lipinski definition) is 2. The second-order valence-electron chi connectivity index (χ2n) is 4.66. The molecule has 2 N–H and O–H groups in total. The van der Waals surface area contributed by atoms with Gasteiger partial charge in [0.2, 0.25) is 0 Å². The first kappa shape index (κ1) is 15.2. The molecule has 0 spiro atoms. The van der Waals surface area contributed by atoms with Crippen molar-refractivity contribution in [3.63, 3.8) is 0 Å². The monoisotopic (exact) mass is 294 g/mol. The van der Waals surface area contributed by atoms with Crippen LogP contribution >= 0.6 is 0 Å². The molecular weight excluding hydrogens is 277 g/mol. The smallest absolute Gasteiger partial charge is 0.388 e. The Hall–Kier alpha value is -2.17. The zero-order valence-corrected chi connectivity index (χ0v) is 11.7. The first-order chi connectivity index (χ1) is 10.0. The molecule has 5 heteroatoms. The molecule has 0 fully saturated rings. The van der Waals surface area contributed by atoms with Crippen LogP contribution < -0.4 is 10.6 Å². The first-order valence-corrected chi connectivity index (χ1v) is 6.67. The van der Waals surface area contributed by atoms with E-state index in [2.05, 4.69) is 10.6 Å². The van der Waals surface area contributed by atoms with E-state index in [0.717, 1.165) is 17.4 Å². The normalized spacial score (nSPS) is 11.2. The van der Waals surface area contributed by atoms with Crippen molar-refractivity contribution < 1.29 is 13.2 Å². The van der Waals surface area contributed by atoms with E-state index >= 15 is 0 Å². The average molecular weight is 294 g/mol. The molecular formula is C16H17F3N2. The summed E-state index contributed by atoms with van der Waals surface area (Å²) < 4.78 is 38.6.